The van der Waals surface area contributed by atoms with Crippen molar-refractivity contribution in [1.29, 1.82) is 0 Å². The Balaban J connectivity index is 1.60. The molecule has 2 atom stereocenters. The first-order chi connectivity index (χ1) is 17.4. The molecule has 0 fully saturated rings. The second kappa shape index (κ2) is 12.2. The predicted octanol–water partition coefficient (Wildman–Crippen LogP) is 3.86. The maximum absolute atomic E-state index is 13.0. The number of ether oxygens (including phenoxy) is 1. The second-order valence-electron chi connectivity index (χ2n) is 8.94. The van der Waals surface area contributed by atoms with Crippen LogP contribution in [0.5, 0.6) is 5.75 Å². The number of nitrogens with zero attached hydrogens (tertiary/aromatic N) is 2. The van der Waals surface area contributed by atoms with Crippen LogP contribution in [0, 0.1) is 0 Å². The summed E-state index contributed by atoms with van der Waals surface area (Å²) in [6.07, 6.45) is -5.27. The number of benzene rings is 2. The summed E-state index contributed by atoms with van der Waals surface area (Å²) in [6, 6.07) is 10.9. The van der Waals surface area contributed by atoms with Gasteiger partial charge in [-0.2, -0.15) is 13.2 Å². The van der Waals surface area contributed by atoms with E-state index in [0.717, 1.165) is 41.6 Å². The molecule has 0 spiro atoms. The summed E-state index contributed by atoms with van der Waals surface area (Å²) < 4.78 is 44.6. The summed E-state index contributed by atoms with van der Waals surface area (Å²) in [5.41, 5.74) is -0.352. The molecule has 11 heteroatoms. The predicted molar refractivity (Wildman–Crippen MR) is 127 cm³/mol. The van der Waals surface area contributed by atoms with Crippen molar-refractivity contribution >= 4 is 11.9 Å². The van der Waals surface area contributed by atoms with Crippen LogP contribution in [0.1, 0.15) is 36.1 Å². The Morgan fingerprint density at radius 2 is 1.76 bits per heavy atom. The number of hydroxylamine groups is 2. The topological polar surface area (TPSA) is 88.5 Å². The van der Waals surface area contributed by atoms with Crippen LogP contribution in [0.25, 0.3) is 0 Å². The quantitative estimate of drug-likeness (QED) is 0.504. The fourth-order valence-corrected chi connectivity index (χ4v) is 3.53. The third-order valence-electron chi connectivity index (χ3n) is 5.54. The van der Waals surface area contributed by atoms with Gasteiger partial charge in [-0.15, -0.1) is 0 Å². The smallest absolute Gasteiger partial charge is 0.416 e. The molecule has 0 aliphatic carbocycles. The zero-order chi connectivity index (χ0) is 27.2. The van der Waals surface area contributed by atoms with E-state index in [0.29, 0.717) is 18.8 Å². The number of aliphatic hydroxyl groups excluding tert-OH is 1. The lowest BCUT2D eigenvalue weighted by atomic mass is 9.99. The molecule has 37 heavy (non-hydrogen) atoms. The number of aliphatic hydroxyl groups is 1. The number of likely N-dealkylation sites (N-methyl/N-ethyl adjacent to an activating group) is 1. The first-order valence-electron chi connectivity index (χ1n) is 11.6. The molecule has 3 rings (SSSR count). The SMILES string of the molecule is CC(Cc1ccc(OCCN(C)C)cc1)N1OC(=O)C=C(CC(O)c2cccc(C(F)(F)F)c2)C(=O)O1. The minimum atomic E-state index is -4.59. The maximum atomic E-state index is 13.0. The first kappa shape index (κ1) is 28.2. The average Bonchev–Trinajstić information content (AvgIpc) is 2.97. The van der Waals surface area contributed by atoms with Crippen molar-refractivity contribution in [2.75, 3.05) is 27.2 Å². The Kier molecular flexibility index (Phi) is 9.30. The molecular weight excluding hydrogens is 493 g/mol. The molecule has 0 saturated carbocycles. The summed E-state index contributed by atoms with van der Waals surface area (Å²) >= 11 is 0. The first-order valence-corrected chi connectivity index (χ1v) is 11.6. The van der Waals surface area contributed by atoms with E-state index in [9.17, 15) is 27.9 Å². The van der Waals surface area contributed by atoms with E-state index in [2.05, 4.69) is 0 Å². The van der Waals surface area contributed by atoms with Gasteiger partial charge in [-0.25, -0.2) is 9.59 Å². The van der Waals surface area contributed by atoms with Crippen molar-refractivity contribution in [2.24, 2.45) is 0 Å². The van der Waals surface area contributed by atoms with Crippen molar-refractivity contribution in [3.05, 3.63) is 76.9 Å². The lowest BCUT2D eigenvalue weighted by Crippen LogP contribution is -2.37. The van der Waals surface area contributed by atoms with Gasteiger partial charge in [0.25, 0.3) is 0 Å². The number of hydrogen-bond acceptors (Lipinski definition) is 8. The molecule has 1 heterocycles. The van der Waals surface area contributed by atoms with Gasteiger partial charge in [-0.05, 0) is 62.8 Å². The molecule has 1 N–H and O–H groups in total. The summed E-state index contributed by atoms with van der Waals surface area (Å²) in [5, 5.41) is 11.2. The van der Waals surface area contributed by atoms with Crippen molar-refractivity contribution in [3.8, 4) is 5.75 Å². The highest BCUT2D eigenvalue weighted by Gasteiger charge is 2.33. The Bertz CT molecular complexity index is 1120. The van der Waals surface area contributed by atoms with Crippen LogP contribution in [0.3, 0.4) is 0 Å². The number of rotatable bonds is 10. The molecule has 0 amide bonds. The standard InChI is InChI=1S/C26H29F3N2O6/c1-17(13-18-7-9-22(10-8-18)35-12-11-30(2)3)31-36-24(33)16-20(25(34)37-31)15-23(32)19-5-4-6-21(14-19)26(27,28)29/h4-10,14,16-17,23,32H,11-13,15H2,1-3H3. The lowest BCUT2D eigenvalue weighted by molar-refractivity contribution is -0.335. The molecule has 1 aliphatic rings. The van der Waals surface area contributed by atoms with E-state index < -0.39 is 42.2 Å². The van der Waals surface area contributed by atoms with Gasteiger partial charge in [-0.1, -0.05) is 24.3 Å². The molecule has 2 unspecified atom stereocenters. The minimum Gasteiger partial charge on any atom is -0.492 e. The van der Waals surface area contributed by atoms with Gasteiger partial charge in [0.05, 0.1) is 17.7 Å². The van der Waals surface area contributed by atoms with Crippen molar-refractivity contribution < 1.29 is 42.3 Å². The van der Waals surface area contributed by atoms with Gasteiger partial charge in [0.2, 0.25) is 0 Å². The van der Waals surface area contributed by atoms with Crippen LogP contribution in [0.15, 0.2) is 60.2 Å². The van der Waals surface area contributed by atoms with Crippen LogP contribution in [-0.2, 0) is 31.9 Å². The molecule has 0 radical (unpaired) electrons. The van der Waals surface area contributed by atoms with Crippen molar-refractivity contribution in [3.63, 3.8) is 0 Å². The zero-order valence-electron chi connectivity index (χ0n) is 20.7. The zero-order valence-corrected chi connectivity index (χ0v) is 20.7. The Morgan fingerprint density at radius 3 is 2.41 bits per heavy atom. The van der Waals surface area contributed by atoms with Crippen LogP contribution in [-0.4, -0.2) is 60.5 Å². The van der Waals surface area contributed by atoms with Crippen LogP contribution < -0.4 is 4.74 Å². The summed E-state index contributed by atoms with van der Waals surface area (Å²) in [4.78, 5) is 37.2. The van der Waals surface area contributed by atoms with Gasteiger partial charge in [0, 0.05) is 29.8 Å². The molecular formula is C26H29F3N2O6. The van der Waals surface area contributed by atoms with Gasteiger partial charge in [0.15, 0.2) is 0 Å². The van der Waals surface area contributed by atoms with Crippen molar-refractivity contribution in [2.45, 2.75) is 38.1 Å². The maximum Gasteiger partial charge on any atom is 0.416 e. The molecule has 1 aliphatic heterocycles. The van der Waals surface area contributed by atoms with Gasteiger partial charge in [-0.3, -0.25) is 0 Å². The van der Waals surface area contributed by atoms with Gasteiger partial charge >= 0.3 is 18.1 Å². The number of carbonyl (C=O) groups is 2. The normalized spacial score (nSPS) is 16.5. The average molecular weight is 523 g/mol. The number of alkyl halides is 3. The van der Waals surface area contributed by atoms with Crippen molar-refractivity contribution in [1.82, 2.24) is 10.1 Å². The molecule has 2 aromatic rings. The Labute approximate surface area is 212 Å². The lowest BCUT2D eigenvalue weighted by Gasteiger charge is -2.23. The molecule has 2 aromatic carbocycles. The fraction of sp³-hybridized carbons (Fsp3) is 0.385. The van der Waals surface area contributed by atoms with E-state index in [1.165, 1.54) is 6.07 Å². The third-order valence-corrected chi connectivity index (χ3v) is 5.54. The van der Waals surface area contributed by atoms with Gasteiger partial charge in [0.1, 0.15) is 12.4 Å². The molecule has 0 aromatic heterocycles. The summed E-state index contributed by atoms with van der Waals surface area (Å²) in [6.45, 7) is 3.00. The molecule has 0 saturated heterocycles. The van der Waals surface area contributed by atoms with Crippen LogP contribution >= 0.6 is 0 Å². The van der Waals surface area contributed by atoms with E-state index >= 15 is 0 Å². The Hall–Kier alpha value is -3.41. The monoisotopic (exact) mass is 522 g/mol. The van der Waals surface area contributed by atoms with Gasteiger partial charge < -0.3 is 24.4 Å². The summed E-state index contributed by atoms with van der Waals surface area (Å²) in [7, 11) is 3.90. The van der Waals surface area contributed by atoms with E-state index in [-0.39, 0.29) is 11.1 Å². The van der Waals surface area contributed by atoms with Crippen LogP contribution in [0.4, 0.5) is 13.2 Å². The van der Waals surface area contributed by atoms with E-state index in [4.69, 9.17) is 14.4 Å². The summed E-state index contributed by atoms with van der Waals surface area (Å²) in [5.74, 6) is -1.15. The number of hydrogen-bond donors (Lipinski definition) is 1. The molecule has 0 bridgehead atoms. The Morgan fingerprint density at radius 1 is 1.05 bits per heavy atom. The second-order valence-corrected chi connectivity index (χ2v) is 8.94. The minimum absolute atomic E-state index is 0.0551. The highest BCUT2D eigenvalue weighted by Crippen LogP contribution is 2.32. The highest BCUT2D eigenvalue weighted by molar-refractivity contribution is 5.97. The highest BCUT2D eigenvalue weighted by atomic mass is 19.4. The fourth-order valence-electron chi connectivity index (χ4n) is 3.53. The largest absolute Gasteiger partial charge is 0.492 e. The van der Waals surface area contributed by atoms with E-state index in [1.54, 1.807) is 6.92 Å². The molecule has 8 nitrogen and oxygen atoms in total. The number of halogens is 3. The third kappa shape index (κ3) is 8.31. The number of carbonyl (C=O) groups excluding carboxylic acids is 2. The van der Waals surface area contributed by atoms with E-state index in [1.807, 2.05) is 43.3 Å². The molecule has 200 valence electrons. The van der Waals surface area contributed by atoms with Crippen LogP contribution in [0.2, 0.25) is 0 Å².